The third-order valence-corrected chi connectivity index (χ3v) is 1.50. The summed E-state index contributed by atoms with van der Waals surface area (Å²) in [4.78, 5) is 0. The van der Waals surface area contributed by atoms with Gasteiger partial charge in [0.15, 0.2) is 11.5 Å². The summed E-state index contributed by atoms with van der Waals surface area (Å²) in [6, 6.07) is 2.23. The molecule has 3 N–H and O–H groups in total. The third kappa shape index (κ3) is 2.20. The Hall–Kier alpha value is -2.08. The first-order chi connectivity index (χ1) is 6.50. The van der Waals surface area contributed by atoms with Crippen LogP contribution in [-0.2, 0) is 0 Å². The van der Waals surface area contributed by atoms with Gasteiger partial charge in [0, 0.05) is 12.1 Å². The van der Waals surface area contributed by atoms with Crippen molar-refractivity contribution >= 4 is 0 Å². The molecule has 0 saturated heterocycles. The molecule has 0 aliphatic rings. The maximum atomic E-state index is 9.33. The Morgan fingerprint density at radius 1 is 1.14 bits per heavy atom. The van der Waals surface area contributed by atoms with Crippen LogP contribution in [0.5, 0.6) is 17.2 Å². The van der Waals surface area contributed by atoms with Crippen molar-refractivity contribution in [2.75, 3.05) is 0 Å². The Balaban J connectivity index is 3.18. The molecule has 0 heterocycles. The smallest absolute Gasteiger partial charge is 0.161 e. The summed E-state index contributed by atoms with van der Waals surface area (Å²) >= 11 is 0. The molecule has 0 saturated carbocycles. The van der Waals surface area contributed by atoms with E-state index in [1.165, 1.54) is 6.07 Å². The highest BCUT2D eigenvalue weighted by Crippen LogP contribution is 2.31. The fourth-order valence-electron chi connectivity index (χ4n) is 0.840. The van der Waals surface area contributed by atoms with Crippen LogP contribution in [0.2, 0.25) is 0 Å². The van der Waals surface area contributed by atoms with Gasteiger partial charge in [-0.15, -0.1) is 0 Å². The van der Waals surface area contributed by atoms with Gasteiger partial charge in [-0.3, -0.25) is 0 Å². The van der Waals surface area contributed by atoms with Gasteiger partial charge in [0.05, 0.1) is 5.56 Å². The molecule has 3 heteroatoms. The molecule has 14 heavy (non-hydrogen) atoms. The van der Waals surface area contributed by atoms with Crippen molar-refractivity contribution in [1.29, 1.82) is 0 Å². The number of phenolic OH excluding ortho intramolecular Hbond substituents is 3. The monoisotopic (exact) mass is 190 g/mol. The van der Waals surface area contributed by atoms with Crippen LogP contribution in [0.4, 0.5) is 0 Å². The molecule has 1 rings (SSSR count). The highest BCUT2D eigenvalue weighted by atomic mass is 16.3. The van der Waals surface area contributed by atoms with Crippen LogP contribution in [0.25, 0.3) is 0 Å². The van der Waals surface area contributed by atoms with E-state index in [0.717, 1.165) is 6.07 Å². The van der Waals surface area contributed by atoms with Gasteiger partial charge in [-0.1, -0.05) is 18.4 Å². The zero-order chi connectivity index (χ0) is 10.7. The number of hydrogen-bond acceptors (Lipinski definition) is 3. The lowest BCUT2D eigenvalue weighted by molar-refractivity contribution is 0.396. The van der Waals surface area contributed by atoms with E-state index in [2.05, 4.69) is 18.4 Å². The first-order valence-corrected chi connectivity index (χ1v) is 3.93. The predicted octanol–water partition coefficient (Wildman–Crippen LogP) is 1.73. The number of aromatic hydroxyl groups is 3. The van der Waals surface area contributed by atoms with Gasteiger partial charge in [-0.25, -0.2) is 0 Å². The maximum absolute atomic E-state index is 9.33. The molecule has 0 fully saturated rings. The first-order valence-electron chi connectivity index (χ1n) is 3.93. The lowest BCUT2D eigenvalue weighted by atomic mass is 10.1. The minimum atomic E-state index is -0.372. The largest absolute Gasteiger partial charge is 0.507 e. The van der Waals surface area contributed by atoms with E-state index in [1.54, 1.807) is 6.92 Å². The lowest BCUT2D eigenvalue weighted by Gasteiger charge is -2.00. The number of hydrogen-bond donors (Lipinski definition) is 3. The summed E-state index contributed by atoms with van der Waals surface area (Å²) < 4.78 is 0. The SMILES string of the molecule is C=C(C)C#Cc1cc(O)c(O)cc1O. The van der Waals surface area contributed by atoms with Crippen molar-refractivity contribution in [2.24, 2.45) is 0 Å². The van der Waals surface area contributed by atoms with E-state index >= 15 is 0 Å². The van der Waals surface area contributed by atoms with E-state index in [-0.39, 0.29) is 22.8 Å². The van der Waals surface area contributed by atoms with Crippen molar-refractivity contribution in [3.05, 3.63) is 29.8 Å². The molecule has 0 aliphatic heterocycles. The van der Waals surface area contributed by atoms with Crippen LogP contribution in [0.3, 0.4) is 0 Å². The van der Waals surface area contributed by atoms with Crippen LogP contribution >= 0.6 is 0 Å². The fourth-order valence-corrected chi connectivity index (χ4v) is 0.840. The Morgan fingerprint density at radius 2 is 1.71 bits per heavy atom. The molecule has 0 unspecified atom stereocenters. The number of phenols is 3. The number of rotatable bonds is 0. The standard InChI is InChI=1S/C11H10O3/c1-7(2)3-4-8-5-10(13)11(14)6-9(8)12/h5-6,12-14H,1H2,2H3. The zero-order valence-electron chi connectivity index (χ0n) is 7.70. The third-order valence-electron chi connectivity index (χ3n) is 1.50. The van der Waals surface area contributed by atoms with Gasteiger partial charge < -0.3 is 15.3 Å². The average molecular weight is 190 g/mol. The van der Waals surface area contributed by atoms with Gasteiger partial charge >= 0.3 is 0 Å². The van der Waals surface area contributed by atoms with Crippen molar-refractivity contribution in [3.8, 4) is 29.1 Å². The van der Waals surface area contributed by atoms with E-state index in [9.17, 15) is 5.11 Å². The molecule has 0 aromatic heterocycles. The van der Waals surface area contributed by atoms with Crippen LogP contribution in [-0.4, -0.2) is 15.3 Å². The minimum Gasteiger partial charge on any atom is -0.507 e. The van der Waals surface area contributed by atoms with Gasteiger partial charge in [0.1, 0.15) is 5.75 Å². The topological polar surface area (TPSA) is 60.7 Å². The second kappa shape index (κ2) is 3.75. The zero-order valence-corrected chi connectivity index (χ0v) is 7.70. The Kier molecular flexibility index (Phi) is 2.68. The average Bonchev–Trinajstić information content (AvgIpc) is 2.09. The molecular weight excluding hydrogens is 180 g/mol. The Morgan fingerprint density at radius 3 is 2.29 bits per heavy atom. The van der Waals surface area contributed by atoms with Crippen molar-refractivity contribution in [1.82, 2.24) is 0 Å². The van der Waals surface area contributed by atoms with Crippen LogP contribution < -0.4 is 0 Å². The quantitative estimate of drug-likeness (QED) is 0.331. The lowest BCUT2D eigenvalue weighted by Crippen LogP contribution is -1.78. The molecule has 1 aromatic carbocycles. The molecule has 0 amide bonds. The van der Waals surface area contributed by atoms with E-state index < -0.39 is 0 Å². The fraction of sp³-hybridized carbons (Fsp3) is 0.0909. The van der Waals surface area contributed by atoms with Crippen molar-refractivity contribution in [2.45, 2.75) is 6.92 Å². The maximum Gasteiger partial charge on any atom is 0.161 e. The summed E-state index contributed by atoms with van der Waals surface area (Å²) in [7, 11) is 0. The van der Waals surface area contributed by atoms with Crippen LogP contribution in [0.15, 0.2) is 24.3 Å². The summed E-state index contributed by atoms with van der Waals surface area (Å²) in [5.41, 5.74) is 0.903. The van der Waals surface area contributed by atoms with Gasteiger partial charge in [0.2, 0.25) is 0 Å². The summed E-state index contributed by atoms with van der Waals surface area (Å²) in [6.07, 6.45) is 0. The number of benzene rings is 1. The molecule has 0 spiro atoms. The molecular formula is C11H10O3. The van der Waals surface area contributed by atoms with E-state index in [1.807, 2.05) is 0 Å². The molecule has 0 radical (unpaired) electrons. The van der Waals surface area contributed by atoms with Gasteiger partial charge in [0.25, 0.3) is 0 Å². The molecule has 0 aliphatic carbocycles. The second-order valence-corrected chi connectivity index (χ2v) is 2.89. The van der Waals surface area contributed by atoms with Gasteiger partial charge in [-0.05, 0) is 12.5 Å². The van der Waals surface area contributed by atoms with E-state index in [0.29, 0.717) is 5.57 Å². The Bertz CT molecular complexity index is 436. The molecule has 1 aromatic rings. The van der Waals surface area contributed by atoms with Gasteiger partial charge in [-0.2, -0.15) is 0 Å². The normalized spacial score (nSPS) is 8.93. The highest BCUT2D eigenvalue weighted by Gasteiger charge is 2.04. The second-order valence-electron chi connectivity index (χ2n) is 2.89. The molecule has 0 bridgehead atoms. The van der Waals surface area contributed by atoms with Crippen LogP contribution in [0, 0.1) is 11.8 Å². The number of allylic oxidation sites excluding steroid dienone is 1. The molecule has 72 valence electrons. The summed E-state index contributed by atoms with van der Waals surface area (Å²) in [6.45, 7) is 5.30. The van der Waals surface area contributed by atoms with Crippen molar-refractivity contribution in [3.63, 3.8) is 0 Å². The Labute approximate surface area is 81.9 Å². The first kappa shape index (κ1) is 10.0. The molecule has 0 atom stereocenters. The minimum absolute atomic E-state index is 0.172. The highest BCUT2D eigenvalue weighted by molar-refractivity contribution is 5.55. The van der Waals surface area contributed by atoms with Crippen molar-refractivity contribution < 1.29 is 15.3 Å². The molecule has 3 nitrogen and oxygen atoms in total. The van der Waals surface area contributed by atoms with E-state index in [4.69, 9.17) is 10.2 Å². The van der Waals surface area contributed by atoms with Crippen LogP contribution in [0.1, 0.15) is 12.5 Å². The predicted molar refractivity (Wildman–Crippen MR) is 53.1 cm³/mol. The summed E-state index contributed by atoms with van der Waals surface area (Å²) in [5.74, 6) is 4.41. The summed E-state index contributed by atoms with van der Waals surface area (Å²) in [5, 5.41) is 27.5.